The Labute approximate surface area is 229 Å². The van der Waals surface area contributed by atoms with Crippen molar-refractivity contribution >= 4 is 35.4 Å². The second-order valence-corrected chi connectivity index (χ2v) is 13.4. The minimum absolute atomic E-state index is 0.0818. The van der Waals surface area contributed by atoms with Crippen molar-refractivity contribution in [2.45, 2.75) is 104 Å². The summed E-state index contributed by atoms with van der Waals surface area (Å²) in [5.74, 6) is -2.79. The summed E-state index contributed by atoms with van der Waals surface area (Å²) in [5.41, 5.74) is 4.34. The van der Waals surface area contributed by atoms with Crippen LogP contribution in [0.3, 0.4) is 0 Å². The molecule has 4 fully saturated rings. The van der Waals surface area contributed by atoms with Crippen LogP contribution < -0.4 is 16.4 Å². The number of primary amides is 1. The van der Waals surface area contributed by atoms with Crippen LogP contribution in [-0.4, -0.2) is 71.1 Å². The van der Waals surface area contributed by atoms with Crippen molar-refractivity contribution in [3.8, 4) is 0 Å². The molecule has 0 spiro atoms. The number of amides is 4. The summed E-state index contributed by atoms with van der Waals surface area (Å²) >= 11 is 0. The Morgan fingerprint density at radius 1 is 1.08 bits per heavy atom. The summed E-state index contributed by atoms with van der Waals surface area (Å²) in [6.45, 7) is 9.81. The summed E-state index contributed by atoms with van der Waals surface area (Å²) in [6, 6.07) is -2.91. The van der Waals surface area contributed by atoms with Crippen molar-refractivity contribution in [2.75, 3.05) is 6.54 Å². The van der Waals surface area contributed by atoms with Crippen LogP contribution >= 0.6 is 0 Å². The third kappa shape index (κ3) is 6.11. The highest BCUT2D eigenvalue weighted by Crippen LogP contribution is 2.65. The van der Waals surface area contributed by atoms with Gasteiger partial charge in [0, 0.05) is 13.0 Å². The SMILES string of the molecule is CC(C)(C)[C@H](NC(=O)O[C@H]1CCCCC1=O)C(=O)N1C[C@H]2[C@@H]([C@H]1C(=O)NC(CC1CC1)C(=O)C(N)=O)C2(C)C. The number of Topliss-reactive ketones (excluding diaryl/α,β-unsaturated/α-hetero) is 2. The maximum atomic E-state index is 14.0. The number of rotatable bonds is 9. The molecule has 0 radical (unpaired) electrons. The summed E-state index contributed by atoms with van der Waals surface area (Å²) in [7, 11) is 0. The van der Waals surface area contributed by atoms with Gasteiger partial charge in [-0.05, 0) is 54.3 Å². The maximum Gasteiger partial charge on any atom is 0.408 e. The van der Waals surface area contributed by atoms with Gasteiger partial charge in [0.25, 0.3) is 5.91 Å². The number of carbonyl (C=O) groups is 6. The van der Waals surface area contributed by atoms with Gasteiger partial charge in [-0.15, -0.1) is 0 Å². The fourth-order valence-electron chi connectivity index (χ4n) is 6.33. The number of hydrogen-bond acceptors (Lipinski definition) is 7. The Balaban J connectivity index is 1.51. The molecule has 11 nitrogen and oxygen atoms in total. The van der Waals surface area contributed by atoms with Crippen molar-refractivity contribution < 1.29 is 33.5 Å². The van der Waals surface area contributed by atoms with E-state index in [4.69, 9.17) is 10.5 Å². The molecule has 0 bridgehead atoms. The van der Waals surface area contributed by atoms with Crippen LogP contribution in [0.15, 0.2) is 0 Å². The lowest BCUT2D eigenvalue weighted by molar-refractivity contribution is -0.145. The Bertz CT molecular complexity index is 1060. The van der Waals surface area contributed by atoms with Crippen molar-refractivity contribution in [3.63, 3.8) is 0 Å². The lowest BCUT2D eigenvalue weighted by Crippen LogP contribution is -2.60. The van der Waals surface area contributed by atoms with Crippen molar-refractivity contribution in [1.82, 2.24) is 15.5 Å². The molecule has 1 unspecified atom stereocenters. The first kappa shape index (κ1) is 29.0. The fraction of sp³-hybridized carbons (Fsp3) is 0.786. The molecule has 3 aliphatic carbocycles. The van der Waals surface area contributed by atoms with Crippen molar-refractivity contribution in [2.24, 2.45) is 34.3 Å². The van der Waals surface area contributed by atoms with Crippen LogP contribution in [0.4, 0.5) is 4.79 Å². The number of nitrogens with one attached hydrogen (secondary N) is 2. The van der Waals surface area contributed by atoms with Crippen LogP contribution in [0.1, 0.15) is 79.6 Å². The van der Waals surface area contributed by atoms with E-state index in [1.54, 1.807) is 20.8 Å². The van der Waals surface area contributed by atoms with Gasteiger partial charge < -0.3 is 26.0 Å². The Morgan fingerprint density at radius 2 is 1.74 bits per heavy atom. The second-order valence-electron chi connectivity index (χ2n) is 13.4. The first-order valence-corrected chi connectivity index (χ1v) is 14.1. The van der Waals surface area contributed by atoms with Crippen molar-refractivity contribution in [1.29, 1.82) is 0 Å². The van der Waals surface area contributed by atoms with E-state index >= 15 is 0 Å². The lowest BCUT2D eigenvalue weighted by atomic mass is 9.85. The number of carbonyl (C=O) groups excluding carboxylic acids is 6. The first-order chi connectivity index (χ1) is 18.1. The van der Waals surface area contributed by atoms with E-state index in [0.29, 0.717) is 25.8 Å². The number of fused-ring (bicyclic) bond motifs is 1. The molecule has 3 saturated carbocycles. The van der Waals surface area contributed by atoms with Gasteiger partial charge in [-0.3, -0.25) is 24.0 Å². The van der Waals surface area contributed by atoms with Crippen LogP contribution in [0, 0.1) is 28.6 Å². The standard InChI is InChI=1S/C28H42N4O7/c1-27(2,3)22(31-26(38)39-18-9-7-6-8-17(18)33)25(37)32-13-15-19(28(15,4)5)20(32)24(36)30-16(12-14-10-11-14)21(34)23(29)35/h14-16,18-20,22H,6-13H2,1-5H3,(H2,29,35)(H,30,36)(H,31,38)/t15-,16?,18-,19-,20-,22+/m0/s1. The van der Waals surface area contributed by atoms with E-state index in [1.807, 2.05) is 13.8 Å². The molecule has 216 valence electrons. The molecule has 1 aliphatic heterocycles. The Kier molecular flexibility index (Phi) is 7.84. The molecule has 11 heteroatoms. The van der Waals surface area contributed by atoms with E-state index in [1.165, 1.54) is 4.90 Å². The molecule has 4 aliphatic rings. The predicted molar refractivity (Wildman–Crippen MR) is 140 cm³/mol. The topological polar surface area (TPSA) is 165 Å². The molecule has 0 aromatic rings. The molecule has 1 saturated heterocycles. The van der Waals surface area contributed by atoms with E-state index < -0.39 is 59.2 Å². The molecule has 39 heavy (non-hydrogen) atoms. The van der Waals surface area contributed by atoms with E-state index in [9.17, 15) is 28.8 Å². The predicted octanol–water partition coefficient (Wildman–Crippen LogP) is 1.46. The van der Waals surface area contributed by atoms with Gasteiger partial charge in [0.05, 0.1) is 6.04 Å². The largest absolute Gasteiger partial charge is 0.438 e. The van der Waals surface area contributed by atoms with Gasteiger partial charge in [-0.25, -0.2) is 4.79 Å². The summed E-state index contributed by atoms with van der Waals surface area (Å²) in [6.07, 6.45) is 2.90. The fourth-order valence-corrected chi connectivity index (χ4v) is 6.33. The number of ether oxygens (including phenoxy) is 1. The highest BCUT2D eigenvalue weighted by atomic mass is 16.6. The minimum Gasteiger partial charge on any atom is -0.438 e. The molecule has 0 aromatic carbocycles. The third-order valence-electron chi connectivity index (χ3n) is 9.03. The van der Waals surface area contributed by atoms with Gasteiger partial charge in [0.15, 0.2) is 11.9 Å². The molecular formula is C28H42N4O7. The average molecular weight is 547 g/mol. The average Bonchev–Trinajstić information content (AvgIpc) is 3.69. The van der Waals surface area contributed by atoms with Gasteiger partial charge in [0.1, 0.15) is 12.1 Å². The third-order valence-corrected chi connectivity index (χ3v) is 9.03. The van der Waals surface area contributed by atoms with Gasteiger partial charge in [-0.1, -0.05) is 47.5 Å². The van der Waals surface area contributed by atoms with E-state index in [0.717, 1.165) is 25.7 Å². The number of alkyl carbamates (subject to hydrolysis) is 1. The van der Waals surface area contributed by atoms with Gasteiger partial charge in [-0.2, -0.15) is 0 Å². The van der Waals surface area contributed by atoms with Gasteiger partial charge in [0.2, 0.25) is 17.6 Å². The second kappa shape index (κ2) is 10.5. The normalized spacial score (nSPS) is 29.1. The van der Waals surface area contributed by atoms with Crippen LogP contribution in [0.25, 0.3) is 0 Å². The molecule has 0 aromatic heterocycles. The molecule has 4 rings (SSSR count). The lowest BCUT2D eigenvalue weighted by Gasteiger charge is -2.38. The molecule has 4 amide bonds. The quantitative estimate of drug-likeness (QED) is 0.368. The highest BCUT2D eigenvalue weighted by molar-refractivity contribution is 6.37. The van der Waals surface area contributed by atoms with E-state index in [-0.39, 0.29) is 29.0 Å². The Hall–Kier alpha value is -2.98. The zero-order valence-electron chi connectivity index (χ0n) is 23.6. The monoisotopic (exact) mass is 546 g/mol. The van der Waals surface area contributed by atoms with E-state index in [2.05, 4.69) is 10.6 Å². The molecular weight excluding hydrogens is 504 g/mol. The smallest absolute Gasteiger partial charge is 0.408 e. The molecule has 1 heterocycles. The molecule has 6 atom stereocenters. The molecule has 4 N–H and O–H groups in total. The zero-order valence-corrected chi connectivity index (χ0v) is 23.6. The van der Waals surface area contributed by atoms with Gasteiger partial charge >= 0.3 is 6.09 Å². The minimum atomic E-state index is -1.10. The summed E-state index contributed by atoms with van der Waals surface area (Å²) in [4.78, 5) is 78.2. The number of likely N-dealkylation sites (tertiary alicyclic amines) is 1. The number of piperidine rings is 1. The number of hydrogen-bond donors (Lipinski definition) is 3. The number of nitrogens with two attached hydrogens (primary N) is 1. The van der Waals surface area contributed by atoms with Crippen LogP contribution in [0.2, 0.25) is 0 Å². The number of nitrogens with zero attached hydrogens (tertiary/aromatic N) is 1. The number of ketones is 2. The summed E-state index contributed by atoms with van der Waals surface area (Å²) in [5, 5.41) is 5.40. The highest BCUT2D eigenvalue weighted by Gasteiger charge is 2.70. The van der Waals surface area contributed by atoms with Crippen molar-refractivity contribution in [3.05, 3.63) is 0 Å². The Morgan fingerprint density at radius 3 is 2.31 bits per heavy atom. The first-order valence-electron chi connectivity index (χ1n) is 14.1. The zero-order chi connectivity index (χ0) is 28.9. The maximum absolute atomic E-state index is 14.0. The van der Waals surface area contributed by atoms with Crippen LogP contribution in [0.5, 0.6) is 0 Å². The van der Waals surface area contributed by atoms with Crippen LogP contribution in [-0.2, 0) is 28.7 Å². The summed E-state index contributed by atoms with van der Waals surface area (Å²) < 4.78 is 5.39.